The summed E-state index contributed by atoms with van der Waals surface area (Å²) < 4.78 is 5.08. The number of rotatable bonds is 5. The Morgan fingerprint density at radius 3 is 2.94 bits per heavy atom. The molecule has 1 aliphatic rings. The summed E-state index contributed by atoms with van der Waals surface area (Å²) in [6.07, 6.45) is 2.24. The van der Waals surface area contributed by atoms with Crippen molar-refractivity contribution >= 4 is 17.6 Å². The number of carbonyl (C=O) groups is 1. The summed E-state index contributed by atoms with van der Waals surface area (Å²) in [4.78, 5) is 11.9. The van der Waals surface area contributed by atoms with Crippen molar-refractivity contribution in [2.75, 3.05) is 6.61 Å². The molecule has 4 heteroatoms. The summed E-state index contributed by atoms with van der Waals surface area (Å²) in [7, 11) is 0. The van der Waals surface area contributed by atoms with E-state index in [-0.39, 0.29) is 5.97 Å². The third kappa shape index (κ3) is 3.45. The Kier molecular flexibility index (Phi) is 4.02. The van der Waals surface area contributed by atoms with Crippen molar-refractivity contribution < 1.29 is 9.53 Å². The minimum Gasteiger partial charge on any atom is -0.465 e. The van der Waals surface area contributed by atoms with Crippen molar-refractivity contribution in [1.82, 2.24) is 5.32 Å². The van der Waals surface area contributed by atoms with Crippen LogP contribution in [0.1, 0.15) is 31.4 Å². The normalized spacial score (nSPS) is 16.6. The number of esters is 1. The average Bonchev–Trinajstić information content (AvgIpc) is 3.10. The molecule has 1 aromatic carbocycles. The zero-order valence-electron chi connectivity index (χ0n) is 9.78. The predicted molar refractivity (Wildman–Crippen MR) is 67.0 cm³/mol. The lowest BCUT2D eigenvalue weighted by Gasteiger charge is -2.17. The molecular weight excluding hydrogens is 238 g/mol. The van der Waals surface area contributed by atoms with E-state index >= 15 is 0 Å². The van der Waals surface area contributed by atoms with E-state index in [2.05, 4.69) is 5.32 Å². The van der Waals surface area contributed by atoms with Gasteiger partial charge in [0.25, 0.3) is 0 Å². The molecule has 1 unspecified atom stereocenters. The predicted octanol–water partition coefficient (Wildman–Crippen LogP) is 2.70. The van der Waals surface area contributed by atoms with Crippen LogP contribution < -0.4 is 5.32 Å². The molecule has 3 nitrogen and oxygen atoms in total. The van der Waals surface area contributed by atoms with Crippen molar-refractivity contribution in [3.63, 3.8) is 0 Å². The van der Waals surface area contributed by atoms with Crippen molar-refractivity contribution in [3.8, 4) is 0 Å². The molecule has 1 N–H and O–H groups in total. The van der Waals surface area contributed by atoms with Gasteiger partial charge in [-0.3, -0.25) is 5.32 Å². The lowest BCUT2D eigenvalue weighted by molar-refractivity contribution is -0.145. The highest BCUT2D eigenvalue weighted by molar-refractivity contribution is 6.30. The van der Waals surface area contributed by atoms with E-state index < -0.39 is 6.04 Å². The third-order valence-corrected chi connectivity index (χ3v) is 2.92. The number of ether oxygens (including phenoxy) is 1. The summed E-state index contributed by atoms with van der Waals surface area (Å²) in [5.41, 5.74) is 0.864. The first-order valence-corrected chi connectivity index (χ1v) is 6.26. The van der Waals surface area contributed by atoms with Crippen LogP contribution in [0.2, 0.25) is 5.02 Å². The molecule has 0 bridgehead atoms. The van der Waals surface area contributed by atoms with Gasteiger partial charge in [-0.25, -0.2) is 4.79 Å². The molecule has 1 aliphatic carbocycles. The molecule has 2 rings (SSSR count). The van der Waals surface area contributed by atoms with Crippen LogP contribution in [0.5, 0.6) is 0 Å². The molecule has 0 amide bonds. The third-order valence-electron chi connectivity index (χ3n) is 2.68. The first kappa shape index (κ1) is 12.4. The maximum atomic E-state index is 11.9. The van der Waals surface area contributed by atoms with Crippen molar-refractivity contribution in [1.29, 1.82) is 0 Å². The molecular formula is C13H16ClNO2. The standard InChI is InChI=1S/C13H16ClNO2/c1-2-17-13(16)12(15-11-6-7-11)9-4-3-5-10(14)8-9/h3-5,8,11-12,15H,2,6-7H2,1H3. The van der Waals surface area contributed by atoms with Gasteiger partial charge in [0.2, 0.25) is 0 Å². The zero-order chi connectivity index (χ0) is 12.3. The van der Waals surface area contributed by atoms with Crippen LogP contribution in [-0.4, -0.2) is 18.6 Å². The van der Waals surface area contributed by atoms with Gasteiger partial charge in [-0.05, 0) is 37.5 Å². The highest BCUT2D eigenvalue weighted by Crippen LogP contribution is 2.26. The van der Waals surface area contributed by atoms with Crippen LogP contribution in [0.25, 0.3) is 0 Å². The highest BCUT2D eigenvalue weighted by atomic mass is 35.5. The summed E-state index contributed by atoms with van der Waals surface area (Å²) in [6, 6.07) is 7.37. The van der Waals surface area contributed by atoms with Gasteiger partial charge in [-0.2, -0.15) is 0 Å². The molecule has 92 valence electrons. The SMILES string of the molecule is CCOC(=O)C(NC1CC1)c1cccc(Cl)c1. The van der Waals surface area contributed by atoms with Gasteiger partial charge >= 0.3 is 5.97 Å². The second-order valence-corrected chi connectivity index (χ2v) is 4.62. The molecule has 0 spiro atoms. The summed E-state index contributed by atoms with van der Waals surface area (Å²) in [5, 5.41) is 3.92. The van der Waals surface area contributed by atoms with Crippen LogP contribution >= 0.6 is 11.6 Å². The van der Waals surface area contributed by atoms with E-state index in [1.54, 1.807) is 12.1 Å². The van der Waals surface area contributed by atoms with Crippen LogP contribution in [-0.2, 0) is 9.53 Å². The number of hydrogen-bond acceptors (Lipinski definition) is 3. The molecule has 17 heavy (non-hydrogen) atoms. The van der Waals surface area contributed by atoms with Gasteiger partial charge in [-0.1, -0.05) is 23.7 Å². The van der Waals surface area contributed by atoms with E-state index in [1.807, 2.05) is 19.1 Å². The fourth-order valence-corrected chi connectivity index (χ4v) is 1.90. The summed E-state index contributed by atoms with van der Waals surface area (Å²) in [5.74, 6) is -0.235. The Morgan fingerprint density at radius 2 is 2.35 bits per heavy atom. The van der Waals surface area contributed by atoms with Gasteiger partial charge in [0, 0.05) is 11.1 Å². The molecule has 0 heterocycles. The minimum atomic E-state index is -0.402. The maximum absolute atomic E-state index is 11.9. The Hall–Kier alpha value is -1.06. The molecule has 0 saturated heterocycles. The Balaban J connectivity index is 2.15. The van der Waals surface area contributed by atoms with E-state index in [0.717, 1.165) is 18.4 Å². The fourth-order valence-electron chi connectivity index (χ4n) is 1.70. The lowest BCUT2D eigenvalue weighted by atomic mass is 10.1. The number of nitrogens with one attached hydrogen (secondary N) is 1. The molecule has 1 saturated carbocycles. The number of benzene rings is 1. The maximum Gasteiger partial charge on any atom is 0.327 e. The monoisotopic (exact) mass is 253 g/mol. The molecule has 1 atom stereocenters. The minimum absolute atomic E-state index is 0.235. The van der Waals surface area contributed by atoms with Gasteiger partial charge < -0.3 is 4.74 Å². The van der Waals surface area contributed by atoms with Gasteiger partial charge in [0.05, 0.1) is 6.61 Å². The van der Waals surface area contributed by atoms with Crippen LogP contribution in [0.3, 0.4) is 0 Å². The summed E-state index contributed by atoms with van der Waals surface area (Å²) >= 11 is 5.94. The highest BCUT2D eigenvalue weighted by Gasteiger charge is 2.30. The second kappa shape index (κ2) is 5.52. The van der Waals surface area contributed by atoms with Gasteiger partial charge in [0.15, 0.2) is 0 Å². The van der Waals surface area contributed by atoms with Crippen LogP contribution in [0.4, 0.5) is 0 Å². The van der Waals surface area contributed by atoms with Crippen molar-refractivity contribution in [3.05, 3.63) is 34.9 Å². The van der Waals surface area contributed by atoms with Crippen molar-refractivity contribution in [2.45, 2.75) is 31.8 Å². The number of carbonyl (C=O) groups excluding carboxylic acids is 1. The number of halogens is 1. The molecule has 0 radical (unpaired) electrons. The number of hydrogen-bond donors (Lipinski definition) is 1. The first-order chi connectivity index (χ1) is 8.20. The smallest absolute Gasteiger partial charge is 0.327 e. The van der Waals surface area contributed by atoms with E-state index in [9.17, 15) is 4.79 Å². The lowest BCUT2D eigenvalue weighted by Crippen LogP contribution is -2.31. The first-order valence-electron chi connectivity index (χ1n) is 5.89. The van der Waals surface area contributed by atoms with Gasteiger partial charge in [0.1, 0.15) is 6.04 Å². The van der Waals surface area contributed by atoms with Crippen LogP contribution in [0, 0.1) is 0 Å². The Bertz CT molecular complexity index is 404. The topological polar surface area (TPSA) is 38.3 Å². The van der Waals surface area contributed by atoms with Crippen LogP contribution in [0.15, 0.2) is 24.3 Å². The van der Waals surface area contributed by atoms with Gasteiger partial charge in [-0.15, -0.1) is 0 Å². The molecule has 0 aliphatic heterocycles. The van der Waals surface area contributed by atoms with E-state index in [4.69, 9.17) is 16.3 Å². The summed E-state index contributed by atoms with van der Waals surface area (Å²) in [6.45, 7) is 2.20. The quantitative estimate of drug-likeness (QED) is 0.820. The Morgan fingerprint density at radius 1 is 1.59 bits per heavy atom. The Labute approximate surface area is 106 Å². The second-order valence-electron chi connectivity index (χ2n) is 4.18. The average molecular weight is 254 g/mol. The molecule has 1 fully saturated rings. The molecule has 1 aromatic rings. The zero-order valence-corrected chi connectivity index (χ0v) is 10.5. The largest absolute Gasteiger partial charge is 0.465 e. The van der Waals surface area contributed by atoms with Crippen molar-refractivity contribution in [2.24, 2.45) is 0 Å². The molecule has 0 aromatic heterocycles. The fraction of sp³-hybridized carbons (Fsp3) is 0.462. The van der Waals surface area contributed by atoms with E-state index in [1.165, 1.54) is 0 Å². The van der Waals surface area contributed by atoms with E-state index in [0.29, 0.717) is 17.7 Å².